The highest BCUT2D eigenvalue weighted by Crippen LogP contribution is 2.40. The number of nitrogens with two attached hydrogens (primary N) is 1. The van der Waals surface area contributed by atoms with Gasteiger partial charge in [-0.15, -0.1) is 0 Å². The number of benzene rings is 1. The van der Waals surface area contributed by atoms with Crippen LogP contribution >= 0.6 is 0 Å². The highest BCUT2D eigenvalue weighted by molar-refractivity contribution is 5.89. The molecular formula is C15H20N2O. The van der Waals surface area contributed by atoms with E-state index in [0.29, 0.717) is 0 Å². The lowest BCUT2D eigenvalue weighted by Gasteiger charge is -2.25. The Morgan fingerprint density at radius 1 is 1.28 bits per heavy atom. The Morgan fingerprint density at radius 2 is 2.00 bits per heavy atom. The highest BCUT2D eigenvalue weighted by Gasteiger charge is 2.32. The average Bonchev–Trinajstić information content (AvgIpc) is 2.97. The zero-order valence-electron chi connectivity index (χ0n) is 11.0. The van der Waals surface area contributed by atoms with E-state index in [1.54, 1.807) is 7.11 Å². The van der Waals surface area contributed by atoms with Gasteiger partial charge in [-0.1, -0.05) is 12.8 Å². The van der Waals surface area contributed by atoms with Crippen molar-refractivity contribution in [3.8, 4) is 5.75 Å². The van der Waals surface area contributed by atoms with Crippen molar-refractivity contribution in [2.24, 2.45) is 5.73 Å². The third-order valence-electron chi connectivity index (χ3n) is 4.25. The topological polar surface area (TPSA) is 51.0 Å². The summed E-state index contributed by atoms with van der Waals surface area (Å²) in [5, 5.41) is 1.22. The lowest BCUT2D eigenvalue weighted by Crippen LogP contribution is -2.33. The van der Waals surface area contributed by atoms with Gasteiger partial charge >= 0.3 is 0 Å². The van der Waals surface area contributed by atoms with Crippen LogP contribution < -0.4 is 10.5 Å². The van der Waals surface area contributed by atoms with Crippen LogP contribution in [0.5, 0.6) is 5.75 Å². The van der Waals surface area contributed by atoms with E-state index in [9.17, 15) is 0 Å². The maximum atomic E-state index is 6.55. The zero-order valence-corrected chi connectivity index (χ0v) is 11.0. The number of hydrogen-bond donors (Lipinski definition) is 2. The Kier molecular flexibility index (Phi) is 2.59. The number of hydrogen-bond acceptors (Lipinski definition) is 2. The van der Waals surface area contributed by atoms with Crippen LogP contribution in [0.25, 0.3) is 10.9 Å². The van der Waals surface area contributed by atoms with E-state index in [0.717, 1.165) is 24.1 Å². The van der Waals surface area contributed by atoms with Gasteiger partial charge < -0.3 is 15.5 Å². The molecule has 1 fully saturated rings. The number of aromatic amines is 1. The Balaban J connectivity index is 2.21. The summed E-state index contributed by atoms with van der Waals surface area (Å²) in [6, 6.07) is 4.33. The largest absolute Gasteiger partial charge is 0.495 e. The summed E-state index contributed by atoms with van der Waals surface area (Å²) >= 11 is 0. The molecule has 3 heteroatoms. The minimum Gasteiger partial charge on any atom is -0.495 e. The van der Waals surface area contributed by atoms with Gasteiger partial charge in [0.05, 0.1) is 12.6 Å². The van der Waals surface area contributed by atoms with E-state index >= 15 is 0 Å². The molecule has 0 radical (unpaired) electrons. The molecule has 0 atom stereocenters. The average molecular weight is 244 g/mol. The summed E-state index contributed by atoms with van der Waals surface area (Å²) in [7, 11) is 1.71. The van der Waals surface area contributed by atoms with Gasteiger partial charge in [0.15, 0.2) is 0 Å². The minimum atomic E-state index is -0.162. The van der Waals surface area contributed by atoms with Crippen molar-refractivity contribution in [2.45, 2.75) is 38.1 Å². The monoisotopic (exact) mass is 244 g/mol. The Morgan fingerprint density at radius 3 is 2.67 bits per heavy atom. The van der Waals surface area contributed by atoms with Gasteiger partial charge in [0, 0.05) is 17.1 Å². The molecule has 1 aromatic carbocycles. The third kappa shape index (κ3) is 1.62. The number of H-pyrrole nitrogens is 1. The molecule has 1 heterocycles. The number of aromatic nitrogens is 1. The molecule has 1 aromatic heterocycles. The normalized spacial score (nSPS) is 18.4. The molecule has 1 aliphatic carbocycles. The lowest BCUT2D eigenvalue weighted by molar-refractivity contribution is 0.412. The maximum absolute atomic E-state index is 6.55. The molecular weight excluding hydrogens is 224 g/mol. The Labute approximate surface area is 107 Å². The molecule has 0 bridgehead atoms. The van der Waals surface area contributed by atoms with Crippen LogP contribution in [0.1, 0.15) is 36.8 Å². The van der Waals surface area contributed by atoms with E-state index in [1.807, 2.05) is 6.20 Å². The molecule has 0 spiro atoms. The second kappa shape index (κ2) is 4.02. The summed E-state index contributed by atoms with van der Waals surface area (Å²) in [4.78, 5) is 3.27. The van der Waals surface area contributed by atoms with Crippen LogP contribution in [0.15, 0.2) is 18.3 Å². The number of ether oxygens (including phenoxy) is 1. The SMILES string of the molecule is COc1cc(C2(N)CCCC2)cc2c(C)c[nH]c12. The minimum absolute atomic E-state index is 0.162. The van der Waals surface area contributed by atoms with E-state index in [4.69, 9.17) is 10.5 Å². The molecule has 0 unspecified atom stereocenters. The van der Waals surface area contributed by atoms with Crippen LogP contribution in [-0.2, 0) is 5.54 Å². The molecule has 0 aliphatic heterocycles. The molecule has 3 rings (SSSR count). The first-order valence-electron chi connectivity index (χ1n) is 6.59. The summed E-state index contributed by atoms with van der Waals surface area (Å²) in [6.45, 7) is 2.11. The van der Waals surface area contributed by atoms with Crippen molar-refractivity contribution in [3.63, 3.8) is 0 Å². The van der Waals surface area contributed by atoms with Crippen LogP contribution in [0.4, 0.5) is 0 Å². The fraction of sp³-hybridized carbons (Fsp3) is 0.467. The number of rotatable bonds is 2. The molecule has 1 aliphatic rings. The summed E-state index contributed by atoms with van der Waals surface area (Å²) in [5.41, 5.74) is 9.91. The highest BCUT2D eigenvalue weighted by atomic mass is 16.5. The summed E-state index contributed by atoms with van der Waals surface area (Å²) < 4.78 is 5.50. The van der Waals surface area contributed by atoms with Crippen LogP contribution in [0.2, 0.25) is 0 Å². The first-order valence-corrected chi connectivity index (χ1v) is 6.59. The number of aryl methyl sites for hydroxylation is 1. The number of nitrogens with one attached hydrogen (secondary N) is 1. The van der Waals surface area contributed by atoms with Gasteiger partial charge in [-0.25, -0.2) is 0 Å². The van der Waals surface area contributed by atoms with E-state index in [-0.39, 0.29) is 5.54 Å². The lowest BCUT2D eigenvalue weighted by atomic mass is 9.88. The van der Waals surface area contributed by atoms with Crippen LogP contribution in [0, 0.1) is 6.92 Å². The molecule has 18 heavy (non-hydrogen) atoms. The second-order valence-electron chi connectivity index (χ2n) is 5.44. The van der Waals surface area contributed by atoms with Crippen LogP contribution in [-0.4, -0.2) is 12.1 Å². The number of fused-ring (bicyclic) bond motifs is 1. The second-order valence-corrected chi connectivity index (χ2v) is 5.44. The van der Waals surface area contributed by atoms with Gasteiger partial charge in [-0.2, -0.15) is 0 Å². The smallest absolute Gasteiger partial charge is 0.143 e. The van der Waals surface area contributed by atoms with Crippen molar-refractivity contribution < 1.29 is 4.74 Å². The van der Waals surface area contributed by atoms with Gasteiger partial charge in [-0.05, 0) is 43.0 Å². The molecule has 3 N–H and O–H groups in total. The van der Waals surface area contributed by atoms with Crippen molar-refractivity contribution in [1.82, 2.24) is 4.98 Å². The van der Waals surface area contributed by atoms with Gasteiger partial charge in [-0.3, -0.25) is 0 Å². The first kappa shape index (κ1) is 11.6. The standard InChI is InChI=1S/C15H20N2O/c1-10-9-17-14-12(10)7-11(8-13(14)18-2)15(16)5-3-4-6-15/h7-9,17H,3-6,16H2,1-2H3. The first-order chi connectivity index (χ1) is 8.64. The van der Waals surface area contributed by atoms with Crippen LogP contribution in [0.3, 0.4) is 0 Å². The zero-order chi connectivity index (χ0) is 12.8. The Hall–Kier alpha value is -1.48. The molecule has 2 aromatic rings. The maximum Gasteiger partial charge on any atom is 0.143 e. The molecule has 0 saturated heterocycles. The van der Waals surface area contributed by atoms with Crippen molar-refractivity contribution in [1.29, 1.82) is 0 Å². The predicted octanol–water partition coefficient (Wildman–Crippen LogP) is 3.21. The summed E-state index contributed by atoms with van der Waals surface area (Å²) in [5.74, 6) is 0.896. The van der Waals surface area contributed by atoms with Gasteiger partial charge in [0.25, 0.3) is 0 Å². The van der Waals surface area contributed by atoms with Crippen molar-refractivity contribution >= 4 is 10.9 Å². The molecule has 0 amide bonds. The quantitative estimate of drug-likeness (QED) is 0.852. The third-order valence-corrected chi connectivity index (χ3v) is 4.25. The summed E-state index contributed by atoms with van der Waals surface area (Å²) in [6.07, 6.45) is 6.62. The van der Waals surface area contributed by atoms with Crippen molar-refractivity contribution in [2.75, 3.05) is 7.11 Å². The molecule has 96 valence electrons. The van der Waals surface area contributed by atoms with E-state index in [1.165, 1.54) is 29.4 Å². The fourth-order valence-corrected chi connectivity index (χ4v) is 3.08. The molecule has 1 saturated carbocycles. The number of methoxy groups -OCH3 is 1. The molecule has 3 nitrogen and oxygen atoms in total. The predicted molar refractivity (Wildman–Crippen MR) is 73.9 cm³/mol. The van der Waals surface area contributed by atoms with E-state index in [2.05, 4.69) is 24.0 Å². The van der Waals surface area contributed by atoms with Crippen molar-refractivity contribution in [3.05, 3.63) is 29.5 Å². The Bertz CT molecular complexity index is 579. The fourth-order valence-electron chi connectivity index (χ4n) is 3.08. The van der Waals surface area contributed by atoms with Gasteiger partial charge in [0.1, 0.15) is 5.75 Å². The van der Waals surface area contributed by atoms with E-state index < -0.39 is 0 Å². The van der Waals surface area contributed by atoms with Gasteiger partial charge in [0.2, 0.25) is 0 Å².